The third kappa shape index (κ3) is 15.1. The molecule has 3 aliphatic heterocycles. The maximum absolute atomic E-state index is 14.6. The number of primary amides is 1. The van der Waals surface area contributed by atoms with E-state index in [9.17, 15) is 57.8 Å². The Labute approximate surface area is 491 Å². The van der Waals surface area contributed by atoms with E-state index >= 15 is 0 Å². The number of ether oxygens (including phenoxy) is 2. The molecular weight excluding hydrogens is 1120 g/mol. The lowest BCUT2D eigenvalue weighted by atomic mass is 9.91. The number of aryl methyl sites for hydroxylation is 1. The average Bonchev–Trinajstić information content (AvgIpc) is 3.51. The van der Waals surface area contributed by atoms with Crippen molar-refractivity contribution in [3.05, 3.63) is 112 Å². The number of aliphatic hydroxyl groups is 1. The Kier molecular flexibility index (Phi) is 20.0. The Hall–Kier alpha value is -8.36. The van der Waals surface area contributed by atoms with Crippen molar-refractivity contribution in [1.82, 2.24) is 40.8 Å². The molecule has 8 rings (SSSR count). The van der Waals surface area contributed by atoms with Gasteiger partial charge in [-0.1, -0.05) is 44.0 Å². The molecule has 3 saturated heterocycles. The van der Waals surface area contributed by atoms with E-state index in [-0.39, 0.29) is 105 Å². The molecule has 25 heteroatoms. The van der Waals surface area contributed by atoms with Gasteiger partial charge >= 0.3 is 7.60 Å². The van der Waals surface area contributed by atoms with Gasteiger partial charge in [0.15, 0.2) is 5.76 Å². The molecule has 8 atom stereocenters. The highest BCUT2D eigenvalue weighted by Crippen LogP contribution is 2.40. The zero-order valence-corrected chi connectivity index (χ0v) is 48.8. The van der Waals surface area contributed by atoms with Gasteiger partial charge in [-0.05, 0) is 123 Å². The van der Waals surface area contributed by atoms with Crippen molar-refractivity contribution >= 4 is 65.4 Å². The number of H-pyrrole nitrogens is 1. The number of nitrogens with two attached hydrogens (primary N) is 1. The van der Waals surface area contributed by atoms with Crippen LogP contribution in [0.2, 0.25) is 0 Å². The van der Waals surface area contributed by atoms with Gasteiger partial charge in [0.2, 0.25) is 35.4 Å². The van der Waals surface area contributed by atoms with Gasteiger partial charge in [0.25, 0.3) is 17.3 Å². The summed E-state index contributed by atoms with van der Waals surface area (Å²) in [5, 5.41) is 23.7. The molecule has 3 fully saturated rings. The van der Waals surface area contributed by atoms with Crippen LogP contribution in [-0.2, 0) is 39.8 Å². The van der Waals surface area contributed by atoms with Crippen molar-refractivity contribution in [2.45, 2.75) is 134 Å². The van der Waals surface area contributed by atoms with E-state index < -0.39 is 84.9 Å². The number of amides is 7. The van der Waals surface area contributed by atoms with Gasteiger partial charge in [0.05, 0.1) is 24.8 Å². The summed E-state index contributed by atoms with van der Waals surface area (Å²) in [4.78, 5) is 134. The van der Waals surface area contributed by atoms with Crippen molar-refractivity contribution in [3.8, 4) is 24.0 Å². The predicted molar refractivity (Wildman–Crippen MR) is 308 cm³/mol. The quantitative estimate of drug-likeness (QED) is 0.0261. The fourth-order valence-electron chi connectivity index (χ4n) is 11.3. The molecule has 0 radical (unpaired) electrons. The summed E-state index contributed by atoms with van der Waals surface area (Å²) in [7, 11) is -5.09. The minimum atomic E-state index is -5.09. The number of hydrogen-bond acceptors (Lipinski definition) is 14. The van der Waals surface area contributed by atoms with Crippen molar-refractivity contribution in [2.24, 2.45) is 11.7 Å². The number of carbonyl (C=O) groups is 8. The summed E-state index contributed by atoms with van der Waals surface area (Å²) >= 11 is 0. The fourth-order valence-corrected chi connectivity index (χ4v) is 11.8. The van der Waals surface area contributed by atoms with E-state index in [0.29, 0.717) is 47.9 Å². The molecule has 7 amide bonds. The van der Waals surface area contributed by atoms with E-state index in [0.717, 1.165) is 16.7 Å². The minimum Gasteiger partial charge on any atom is -0.491 e. The second-order valence-corrected chi connectivity index (χ2v) is 23.8. The van der Waals surface area contributed by atoms with E-state index in [1.807, 2.05) is 52.0 Å². The molecular formula is C60H72N9O15P. The van der Waals surface area contributed by atoms with Gasteiger partial charge in [-0.15, -0.1) is 6.42 Å². The largest absolute Gasteiger partial charge is 0.491 e. The zero-order chi connectivity index (χ0) is 61.4. The van der Waals surface area contributed by atoms with Crippen LogP contribution < -0.4 is 31.2 Å². The highest BCUT2D eigenvalue weighted by Gasteiger charge is 2.47. The molecule has 0 unspecified atom stereocenters. The Morgan fingerprint density at radius 2 is 1.68 bits per heavy atom. The summed E-state index contributed by atoms with van der Waals surface area (Å²) in [5.41, 5.74) is 7.54. The molecule has 85 heavy (non-hydrogen) atoms. The number of nitrogens with zero attached hydrogens (tertiary/aromatic N) is 4. The van der Waals surface area contributed by atoms with Crippen LogP contribution in [0.4, 0.5) is 0 Å². The third-order valence-electron chi connectivity index (χ3n) is 15.9. The Balaban J connectivity index is 0.866. The van der Waals surface area contributed by atoms with Gasteiger partial charge in [0.1, 0.15) is 42.1 Å². The molecule has 9 N–H and O–H groups in total. The van der Waals surface area contributed by atoms with Crippen molar-refractivity contribution in [1.29, 1.82) is 0 Å². The molecule has 3 aliphatic rings. The van der Waals surface area contributed by atoms with E-state index in [1.165, 1.54) is 45.9 Å². The SMILES string of the molecule is C#Cc1ccc([C@H](C)NC(=O)[C@@H]2C[C@@H](O)CN2C(=O)[C@H](c2cc(OCCCc3cccc(OC[C@H](CCC(N)=O)NC(=O)[C@@H]4CC[C@@H]5CCN(C(C)=O)C[C@H](NC(=O)c6cc7cc(C(=O)P(=O)(O)O)ccc7[nH]6)C(=O)N54)c3C)no2)C(C)C)cc1. The van der Waals surface area contributed by atoms with Crippen LogP contribution in [0.25, 0.3) is 10.9 Å². The predicted octanol–water partition coefficient (Wildman–Crippen LogP) is 3.89. The molecule has 2 aromatic heterocycles. The second-order valence-electron chi connectivity index (χ2n) is 22.3. The first-order valence-corrected chi connectivity index (χ1v) is 29.9. The maximum atomic E-state index is 14.6. The highest BCUT2D eigenvalue weighted by atomic mass is 31.2. The number of aliphatic hydroxyl groups excluding tert-OH is 1. The number of likely N-dealkylation sites (tertiary alicyclic amines) is 1. The van der Waals surface area contributed by atoms with Crippen LogP contribution in [0.15, 0.2) is 77.3 Å². The number of fused-ring (bicyclic) bond motifs is 2. The Bertz CT molecular complexity index is 3420. The lowest BCUT2D eigenvalue weighted by molar-refractivity contribution is -0.145. The molecule has 452 valence electrons. The summed E-state index contributed by atoms with van der Waals surface area (Å²) in [6.07, 6.45) is 6.86. The monoisotopic (exact) mass is 1190 g/mol. The van der Waals surface area contributed by atoms with Gasteiger partial charge in [-0.2, -0.15) is 0 Å². The summed E-state index contributed by atoms with van der Waals surface area (Å²) < 4.78 is 29.6. The number of terminal acetylenes is 1. The fraction of sp³-hybridized carbons (Fsp3) is 0.450. The first-order valence-electron chi connectivity index (χ1n) is 28.3. The Morgan fingerprint density at radius 3 is 2.38 bits per heavy atom. The lowest BCUT2D eigenvalue weighted by Gasteiger charge is -2.38. The van der Waals surface area contributed by atoms with Crippen molar-refractivity contribution < 1.29 is 71.8 Å². The number of nitrogens with one attached hydrogen (secondary N) is 4. The third-order valence-corrected chi connectivity index (χ3v) is 16.7. The van der Waals surface area contributed by atoms with E-state index in [1.54, 1.807) is 24.3 Å². The molecule has 0 saturated carbocycles. The average molecular weight is 1190 g/mol. The van der Waals surface area contributed by atoms with E-state index in [4.69, 9.17) is 26.2 Å². The van der Waals surface area contributed by atoms with Gasteiger partial charge in [-0.25, -0.2) is 0 Å². The number of aromatic nitrogens is 2. The van der Waals surface area contributed by atoms with Crippen LogP contribution >= 0.6 is 7.60 Å². The first-order chi connectivity index (χ1) is 40.4. The second kappa shape index (κ2) is 27.1. The van der Waals surface area contributed by atoms with Crippen LogP contribution in [-0.4, -0.2) is 156 Å². The summed E-state index contributed by atoms with van der Waals surface area (Å²) in [6, 6.07) is 14.8. The number of benzene rings is 3. The molecule has 5 aromatic rings. The molecule has 5 heterocycles. The zero-order valence-electron chi connectivity index (χ0n) is 47.9. The van der Waals surface area contributed by atoms with Gasteiger partial charge < -0.3 is 70.3 Å². The van der Waals surface area contributed by atoms with Crippen LogP contribution in [0.3, 0.4) is 0 Å². The molecule has 24 nitrogen and oxygen atoms in total. The van der Waals surface area contributed by atoms with Crippen LogP contribution in [0.1, 0.15) is 133 Å². The summed E-state index contributed by atoms with van der Waals surface area (Å²) in [5.74, 6) is -1.13. The van der Waals surface area contributed by atoms with Crippen LogP contribution in [0.5, 0.6) is 11.6 Å². The number of aromatic amines is 1. The normalized spacial score (nSPS) is 19.9. The van der Waals surface area contributed by atoms with Gasteiger partial charge in [-0.3, -0.25) is 42.9 Å². The molecule has 0 aliphatic carbocycles. The number of β-amino-alcohol motifs (C(OH)–C–C–N with tert-alkyl or cyclic N) is 1. The molecule has 3 aromatic carbocycles. The standard InChI is InChI=1S/C60H72N9O15P/c1-7-37-13-15-39(16-14-37)35(5)62-57(75)49-28-44(71)30-68(49)59(77)54(33(2)3)51-29-53(66-84-51)82-25-9-11-38-10-8-12-50(34(38)4)83-32-42(18-22-52(61)72)63-56(74)48-21-19-43-23-24-67(36(6)70)31-47(58(76)69(43)48)65-55(73)46-27-41-26-40(17-20-45(41)64-46)60(78)85(79,80)81/h1,8,10,12-17,20,26-27,29,33,35,42-44,47-49,54,64,71H,9,11,18-19,21-25,28,30-32H2,2-6H3,(H2,61,72)(H,62,75)(H,63,74)(H,65,73)(H2,79,80,81)/t35-,42-,43+,44+,47-,48-,49-,54-/m0/s1. The molecule has 0 spiro atoms. The number of carbonyl (C=O) groups excluding carboxylic acids is 8. The topological polar surface area (TPSA) is 346 Å². The number of hydrogen-bond donors (Lipinski definition) is 8. The van der Waals surface area contributed by atoms with Crippen molar-refractivity contribution in [3.63, 3.8) is 0 Å². The highest BCUT2D eigenvalue weighted by molar-refractivity contribution is 7.70. The molecule has 0 bridgehead atoms. The van der Waals surface area contributed by atoms with E-state index in [2.05, 4.69) is 32.0 Å². The minimum absolute atomic E-state index is 0.0243. The first kappa shape index (κ1) is 62.7. The maximum Gasteiger partial charge on any atom is 0.396 e. The lowest BCUT2D eigenvalue weighted by Crippen LogP contribution is -2.61. The summed E-state index contributed by atoms with van der Waals surface area (Å²) in [6.45, 7) is 8.96. The number of rotatable bonds is 23. The van der Waals surface area contributed by atoms with Gasteiger partial charge in [0, 0.05) is 73.5 Å². The smallest absolute Gasteiger partial charge is 0.396 e. The Morgan fingerprint density at radius 1 is 0.941 bits per heavy atom. The van der Waals surface area contributed by atoms with Crippen molar-refractivity contribution in [2.75, 3.05) is 32.8 Å². The van der Waals surface area contributed by atoms with Crippen LogP contribution in [0, 0.1) is 25.2 Å².